The highest BCUT2D eigenvalue weighted by atomic mass is 16.6. The molecule has 0 heterocycles. The van der Waals surface area contributed by atoms with E-state index in [0.29, 0.717) is 16.8 Å². The average molecular weight is 261 g/mol. The molecule has 2 rings (SSSR count). The van der Waals surface area contributed by atoms with Crippen molar-refractivity contribution in [2.45, 2.75) is 6.92 Å². The summed E-state index contributed by atoms with van der Waals surface area (Å²) in [6, 6.07) is 18.2. The second-order valence-electron chi connectivity index (χ2n) is 4.07. The minimum atomic E-state index is 0.279. The van der Waals surface area contributed by atoms with Crippen LogP contribution in [0.5, 0.6) is 5.75 Å². The predicted octanol–water partition coefficient (Wildman–Crippen LogP) is 3.23. The Morgan fingerprint density at radius 1 is 1.05 bits per heavy atom. The highest BCUT2D eigenvalue weighted by Crippen LogP contribution is 2.20. The third-order valence-corrected chi connectivity index (χ3v) is 2.70. The zero-order valence-electron chi connectivity index (χ0n) is 10.9. The van der Waals surface area contributed by atoms with E-state index in [-0.39, 0.29) is 5.75 Å². The lowest BCUT2D eigenvalue weighted by Crippen LogP contribution is -1.98. The van der Waals surface area contributed by atoms with Crippen molar-refractivity contribution in [3.05, 3.63) is 65.2 Å². The summed E-state index contributed by atoms with van der Waals surface area (Å²) in [7, 11) is 0. The van der Waals surface area contributed by atoms with Crippen LogP contribution in [0, 0.1) is 22.7 Å². The average Bonchev–Trinajstić information content (AvgIpc) is 2.53. The molecule has 0 N–H and O–H groups in total. The molecule has 0 unspecified atom stereocenters. The normalized spacial score (nSPS) is 10.4. The topological polar surface area (TPSA) is 69.2 Å². The van der Waals surface area contributed by atoms with Crippen LogP contribution in [0.4, 0.5) is 0 Å². The lowest BCUT2D eigenvalue weighted by Gasteiger charge is -2.04. The molecule has 0 aliphatic heterocycles. The van der Waals surface area contributed by atoms with Crippen molar-refractivity contribution in [3.8, 4) is 17.9 Å². The van der Waals surface area contributed by atoms with E-state index in [9.17, 15) is 0 Å². The van der Waals surface area contributed by atoms with E-state index in [1.54, 1.807) is 12.1 Å². The first kappa shape index (κ1) is 13.3. The molecular formula is C16H11N3O. The number of hydrogen-bond donors (Lipinski definition) is 0. The van der Waals surface area contributed by atoms with E-state index < -0.39 is 0 Å². The van der Waals surface area contributed by atoms with E-state index >= 15 is 0 Å². The van der Waals surface area contributed by atoms with E-state index in [4.69, 9.17) is 15.4 Å². The predicted molar refractivity (Wildman–Crippen MR) is 75.2 cm³/mol. The first-order chi connectivity index (χ1) is 9.74. The summed E-state index contributed by atoms with van der Waals surface area (Å²) in [5, 5.41) is 21.9. The maximum Gasteiger partial charge on any atom is 0.177 e. The molecule has 0 fully saturated rings. The Hall–Kier alpha value is -3.11. The molecule has 0 saturated carbocycles. The fraction of sp³-hybridized carbons (Fsp3) is 0.0625. The van der Waals surface area contributed by atoms with Gasteiger partial charge in [-0.05, 0) is 24.6 Å². The Morgan fingerprint density at radius 2 is 1.80 bits per heavy atom. The fourth-order valence-electron chi connectivity index (χ4n) is 1.61. The first-order valence-corrected chi connectivity index (χ1v) is 5.96. The Kier molecular flexibility index (Phi) is 4.11. The molecule has 0 radical (unpaired) electrons. The second-order valence-corrected chi connectivity index (χ2v) is 4.07. The summed E-state index contributed by atoms with van der Waals surface area (Å²) in [4.78, 5) is 5.30. The van der Waals surface area contributed by atoms with E-state index in [2.05, 4.69) is 5.16 Å². The summed E-state index contributed by atoms with van der Waals surface area (Å²) in [5.41, 5.74) is 2.39. The van der Waals surface area contributed by atoms with Crippen molar-refractivity contribution < 1.29 is 4.84 Å². The molecule has 20 heavy (non-hydrogen) atoms. The van der Waals surface area contributed by atoms with Crippen LogP contribution in [0.1, 0.15) is 23.6 Å². The minimum Gasteiger partial charge on any atom is -0.355 e. The van der Waals surface area contributed by atoms with Gasteiger partial charge in [-0.2, -0.15) is 10.5 Å². The van der Waals surface area contributed by atoms with E-state index in [0.717, 1.165) is 5.56 Å². The molecule has 0 spiro atoms. The fourth-order valence-corrected chi connectivity index (χ4v) is 1.61. The molecular weight excluding hydrogens is 250 g/mol. The van der Waals surface area contributed by atoms with Crippen LogP contribution in [0.15, 0.2) is 53.7 Å². The molecule has 0 aliphatic carbocycles. The molecule has 2 aromatic rings. The summed E-state index contributed by atoms with van der Waals surface area (Å²) in [5.74, 6) is 0.279. The summed E-state index contributed by atoms with van der Waals surface area (Å²) >= 11 is 0. The Morgan fingerprint density at radius 3 is 2.45 bits per heavy atom. The molecule has 0 aromatic heterocycles. The maximum absolute atomic E-state index is 9.00. The molecule has 0 bridgehead atoms. The Balaban J connectivity index is 2.27. The van der Waals surface area contributed by atoms with Crippen LogP contribution >= 0.6 is 0 Å². The van der Waals surface area contributed by atoms with E-state index in [1.165, 1.54) is 6.07 Å². The number of nitriles is 2. The van der Waals surface area contributed by atoms with Gasteiger partial charge in [0.2, 0.25) is 0 Å². The molecule has 0 amide bonds. The maximum atomic E-state index is 9.00. The van der Waals surface area contributed by atoms with Crippen LogP contribution < -0.4 is 4.84 Å². The molecule has 4 nitrogen and oxygen atoms in total. The van der Waals surface area contributed by atoms with Gasteiger partial charge in [-0.25, -0.2) is 0 Å². The molecule has 4 heteroatoms. The van der Waals surface area contributed by atoms with Crippen molar-refractivity contribution in [3.63, 3.8) is 0 Å². The van der Waals surface area contributed by atoms with Crippen molar-refractivity contribution in [2.75, 3.05) is 0 Å². The van der Waals surface area contributed by atoms with Crippen LogP contribution in [0.25, 0.3) is 0 Å². The summed E-state index contributed by atoms with van der Waals surface area (Å²) in [6.07, 6.45) is 0. The smallest absolute Gasteiger partial charge is 0.177 e. The number of benzene rings is 2. The van der Waals surface area contributed by atoms with Gasteiger partial charge in [0.1, 0.15) is 6.07 Å². The van der Waals surface area contributed by atoms with Crippen LogP contribution in [-0.2, 0) is 0 Å². The number of rotatable bonds is 3. The van der Waals surface area contributed by atoms with Gasteiger partial charge in [0.15, 0.2) is 5.75 Å². The van der Waals surface area contributed by atoms with Gasteiger partial charge in [0.05, 0.1) is 22.9 Å². The van der Waals surface area contributed by atoms with E-state index in [1.807, 2.05) is 49.4 Å². The third-order valence-electron chi connectivity index (χ3n) is 2.70. The summed E-state index contributed by atoms with van der Waals surface area (Å²) < 4.78 is 0. The Bertz CT molecular complexity index is 722. The molecule has 0 atom stereocenters. The minimum absolute atomic E-state index is 0.279. The van der Waals surface area contributed by atoms with Crippen LogP contribution in [0.2, 0.25) is 0 Å². The first-order valence-electron chi connectivity index (χ1n) is 5.96. The van der Waals surface area contributed by atoms with Crippen molar-refractivity contribution in [2.24, 2.45) is 5.16 Å². The highest BCUT2D eigenvalue weighted by molar-refractivity contribution is 5.98. The molecule has 0 saturated heterocycles. The molecule has 2 aromatic carbocycles. The third kappa shape index (κ3) is 3.01. The highest BCUT2D eigenvalue weighted by Gasteiger charge is 2.05. The van der Waals surface area contributed by atoms with Crippen molar-refractivity contribution in [1.82, 2.24) is 0 Å². The van der Waals surface area contributed by atoms with Crippen LogP contribution in [0.3, 0.4) is 0 Å². The van der Waals surface area contributed by atoms with Gasteiger partial charge in [0.25, 0.3) is 0 Å². The van der Waals surface area contributed by atoms with Gasteiger partial charge in [-0.1, -0.05) is 35.5 Å². The van der Waals surface area contributed by atoms with Gasteiger partial charge in [-0.15, -0.1) is 0 Å². The van der Waals surface area contributed by atoms with Crippen molar-refractivity contribution in [1.29, 1.82) is 10.5 Å². The standard InChI is InChI=1S/C16H11N3O/c1-12(14-5-3-2-4-6-14)19-20-16-9-13(10-17)7-8-15(16)11-18/h2-9H,1H3/b19-12+. The number of hydrogen-bond acceptors (Lipinski definition) is 4. The van der Waals surface area contributed by atoms with Gasteiger partial charge in [0, 0.05) is 6.07 Å². The zero-order chi connectivity index (χ0) is 14.4. The van der Waals surface area contributed by atoms with Crippen LogP contribution in [-0.4, -0.2) is 5.71 Å². The van der Waals surface area contributed by atoms with Gasteiger partial charge in [-0.3, -0.25) is 0 Å². The SMILES string of the molecule is C/C(=N\Oc1cc(C#N)ccc1C#N)c1ccccc1. The number of oxime groups is 1. The summed E-state index contributed by atoms with van der Waals surface area (Å²) in [6.45, 7) is 1.82. The molecule has 0 aliphatic rings. The van der Waals surface area contributed by atoms with Gasteiger partial charge >= 0.3 is 0 Å². The zero-order valence-corrected chi connectivity index (χ0v) is 10.9. The Labute approximate surface area is 117 Å². The quantitative estimate of drug-likeness (QED) is 0.629. The number of nitrogens with zero attached hydrogens (tertiary/aromatic N) is 3. The monoisotopic (exact) mass is 261 g/mol. The lowest BCUT2D eigenvalue weighted by molar-refractivity contribution is 0.340. The molecule has 96 valence electrons. The van der Waals surface area contributed by atoms with Gasteiger partial charge < -0.3 is 4.84 Å². The largest absolute Gasteiger partial charge is 0.355 e. The second kappa shape index (κ2) is 6.17. The lowest BCUT2D eigenvalue weighted by atomic mass is 10.1. The van der Waals surface area contributed by atoms with Crippen molar-refractivity contribution >= 4 is 5.71 Å².